The first-order chi connectivity index (χ1) is 11.3. The molecule has 0 atom stereocenters. The minimum Gasteiger partial charge on any atom is -0.508 e. The van der Waals surface area contributed by atoms with Crippen LogP contribution in [0.1, 0.15) is 10.8 Å². The van der Waals surface area contributed by atoms with E-state index in [0.29, 0.717) is 11.5 Å². The first-order valence-electron chi connectivity index (χ1n) is 7.34. The van der Waals surface area contributed by atoms with E-state index in [-0.39, 0.29) is 5.75 Å². The van der Waals surface area contributed by atoms with Gasteiger partial charge in [0.05, 0.1) is 13.2 Å². The minimum atomic E-state index is 0.168. The van der Waals surface area contributed by atoms with E-state index in [1.165, 1.54) is 0 Å². The fourth-order valence-electron chi connectivity index (χ4n) is 2.41. The van der Waals surface area contributed by atoms with Gasteiger partial charge in [-0.05, 0) is 18.2 Å². The van der Waals surface area contributed by atoms with E-state index in [4.69, 9.17) is 9.15 Å². The molecule has 0 amide bonds. The van der Waals surface area contributed by atoms with Crippen LogP contribution in [0.4, 0.5) is 5.13 Å². The molecule has 0 saturated carbocycles. The molecule has 3 aromatic rings. The van der Waals surface area contributed by atoms with Crippen LogP contribution in [-0.2, 0) is 4.74 Å². The van der Waals surface area contributed by atoms with Gasteiger partial charge in [0.2, 0.25) is 5.89 Å². The lowest BCUT2D eigenvalue weighted by molar-refractivity contribution is 0.122. The SMILES string of the molecule is Oc1ccc2nc(C=Cc3cnc(N4CCOCC4)s3)oc2c1. The maximum atomic E-state index is 9.45. The molecule has 1 fully saturated rings. The number of rotatable bonds is 3. The number of hydrogen-bond acceptors (Lipinski definition) is 7. The molecule has 1 aromatic carbocycles. The van der Waals surface area contributed by atoms with Gasteiger partial charge in [-0.3, -0.25) is 0 Å². The van der Waals surface area contributed by atoms with Crippen molar-refractivity contribution in [3.8, 4) is 5.75 Å². The van der Waals surface area contributed by atoms with Crippen molar-refractivity contribution in [2.75, 3.05) is 31.2 Å². The molecule has 2 aromatic heterocycles. The summed E-state index contributed by atoms with van der Waals surface area (Å²) in [5, 5.41) is 10.5. The summed E-state index contributed by atoms with van der Waals surface area (Å²) < 4.78 is 10.9. The van der Waals surface area contributed by atoms with Crippen molar-refractivity contribution in [1.82, 2.24) is 9.97 Å². The Labute approximate surface area is 136 Å². The van der Waals surface area contributed by atoms with Crippen LogP contribution in [-0.4, -0.2) is 41.4 Å². The summed E-state index contributed by atoms with van der Waals surface area (Å²) in [6.45, 7) is 3.26. The summed E-state index contributed by atoms with van der Waals surface area (Å²) in [6.07, 6.45) is 5.60. The van der Waals surface area contributed by atoms with Crippen LogP contribution in [0.2, 0.25) is 0 Å². The monoisotopic (exact) mass is 329 g/mol. The molecular formula is C16H15N3O3S. The number of anilines is 1. The maximum Gasteiger partial charge on any atom is 0.220 e. The highest BCUT2D eigenvalue weighted by molar-refractivity contribution is 7.16. The fourth-order valence-corrected chi connectivity index (χ4v) is 3.28. The summed E-state index contributed by atoms with van der Waals surface area (Å²) in [7, 11) is 0. The second-order valence-electron chi connectivity index (χ2n) is 5.18. The number of phenols is 1. The zero-order chi connectivity index (χ0) is 15.6. The van der Waals surface area contributed by atoms with Gasteiger partial charge in [-0.25, -0.2) is 9.97 Å². The van der Waals surface area contributed by atoms with Crippen LogP contribution in [0.25, 0.3) is 23.3 Å². The van der Waals surface area contributed by atoms with E-state index >= 15 is 0 Å². The number of benzene rings is 1. The van der Waals surface area contributed by atoms with Gasteiger partial charge in [0, 0.05) is 36.3 Å². The molecule has 1 aliphatic heterocycles. The Balaban J connectivity index is 1.52. The zero-order valence-corrected chi connectivity index (χ0v) is 13.1. The van der Waals surface area contributed by atoms with Crippen molar-refractivity contribution in [2.24, 2.45) is 0 Å². The Morgan fingerprint density at radius 3 is 2.96 bits per heavy atom. The van der Waals surface area contributed by atoms with Crippen LogP contribution < -0.4 is 4.90 Å². The Morgan fingerprint density at radius 2 is 2.09 bits per heavy atom. The predicted octanol–water partition coefficient (Wildman–Crippen LogP) is 3.00. The highest BCUT2D eigenvalue weighted by atomic mass is 32.1. The molecule has 6 nitrogen and oxygen atoms in total. The van der Waals surface area contributed by atoms with Crippen LogP contribution in [0.15, 0.2) is 28.8 Å². The summed E-state index contributed by atoms with van der Waals surface area (Å²) in [5.74, 6) is 0.675. The van der Waals surface area contributed by atoms with E-state index < -0.39 is 0 Å². The summed E-state index contributed by atoms with van der Waals surface area (Å²) in [5.41, 5.74) is 1.30. The van der Waals surface area contributed by atoms with Gasteiger partial charge < -0.3 is 19.2 Å². The first-order valence-corrected chi connectivity index (χ1v) is 8.16. The largest absolute Gasteiger partial charge is 0.508 e. The summed E-state index contributed by atoms with van der Waals surface area (Å²) in [4.78, 5) is 12.1. The molecular weight excluding hydrogens is 314 g/mol. The van der Waals surface area contributed by atoms with Crippen molar-refractivity contribution < 1.29 is 14.3 Å². The quantitative estimate of drug-likeness (QED) is 0.796. The molecule has 7 heteroatoms. The van der Waals surface area contributed by atoms with Gasteiger partial charge in [-0.15, -0.1) is 0 Å². The normalized spacial score (nSPS) is 15.7. The molecule has 1 aliphatic rings. The van der Waals surface area contributed by atoms with Gasteiger partial charge in [-0.1, -0.05) is 11.3 Å². The first kappa shape index (κ1) is 14.2. The Morgan fingerprint density at radius 1 is 1.22 bits per heavy atom. The van der Waals surface area contributed by atoms with Crippen molar-refractivity contribution in [3.63, 3.8) is 0 Å². The van der Waals surface area contributed by atoms with Crippen LogP contribution in [0.5, 0.6) is 5.75 Å². The highest BCUT2D eigenvalue weighted by Crippen LogP contribution is 2.26. The van der Waals surface area contributed by atoms with Gasteiger partial charge in [-0.2, -0.15) is 0 Å². The average Bonchev–Trinajstić information content (AvgIpc) is 3.20. The number of ether oxygens (including phenoxy) is 1. The minimum absolute atomic E-state index is 0.168. The Hall–Kier alpha value is -2.38. The van der Waals surface area contributed by atoms with E-state index in [9.17, 15) is 5.11 Å². The molecule has 0 aliphatic carbocycles. The second kappa shape index (κ2) is 6.02. The Bertz CT molecular complexity index is 849. The van der Waals surface area contributed by atoms with Crippen molar-refractivity contribution >= 4 is 39.7 Å². The molecule has 1 N–H and O–H groups in total. The number of oxazole rings is 1. The zero-order valence-electron chi connectivity index (χ0n) is 12.3. The topological polar surface area (TPSA) is 71.6 Å². The van der Waals surface area contributed by atoms with Gasteiger partial charge in [0.15, 0.2) is 10.7 Å². The fraction of sp³-hybridized carbons (Fsp3) is 0.250. The highest BCUT2D eigenvalue weighted by Gasteiger charge is 2.14. The molecule has 0 spiro atoms. The lowest BCUT2D eigenvalue weighted by Gasteiger charge is -2.25. The summed E-state index contributed by atoms with van der Waals surface area (Å²) >= 11 is 1.63. The van der Waals surface area contributed by atoms with Crippen molar-refractivity contribution in [1.29, 1.82) is 0 Å². The van der Waals surface area contributed by atoms with Gasteiger partial charge >= 0.3 is 0 Å². The number of phenolic OH excluding ortho intramolecular Hbond substituents is 1. The molecule has 1 saturated heterocycles. The third-order valence-corrected chi connectivity index (χ3v) is 4.60. The smallest absolute Gasteiger partial charge is 0.220 e. The standard InChI is InChI=1S/C16H15N3O3S/c20-11-1-3-13-14(9-11)22-15(18-13)4-2-12-10-17-16(23-12)19-5-7-21-8-6-19/h1-4,9-10,20H,5-8H2. The van der Waals surface area contributed by atoms with Crippen LogP contribution in [0.3, 0.4) is 0 Å². The van der Waals surface area contributed by atoms with E-state index in [1.807, 2.05) is 18.3 Å². The molecule has 0 bridgehead atoms. The number of fused-ring (bicyclic) bond motifs is 1. The number of morpholine rings is 1. The molecule has 23 heavy (non-hydrogen) atoms. The maximum absolute atomic E-state index is 9.45. The van der Waals surface area contributed by atoms with E-state index in [0.717, 1.165) is 41.8 Å². The average molecular weight is 329 g/mol. The third-order valence-electron chi connectivity index (χ3n) is 3.57. The number of aromatic hydroxyl groups is 1. The van der Waals surface area contributed by atoms with Crippen LogP contribution in [0, 0.1) is 0 Å². The third kappa shape index (κ3) is 3.06. The number of hydrogen-bond donors (Lipinski definition) is 1. The second-order valence-corrected chi connectivity index (χ2v) is 6.22. The molecule has 3 heterocycles. The van der Waals surface area contributed by atoms with E-state index in [1.54, 1.807) is 29.5 Å². The lowest BCUT2D eigenvalue weighted by atomic mass is 10.3. The number of aromatic nitrogens is 2. The van der Waals surface area contributed by atoms with Gasteiger partial charge in [0.25, 0.3) is 0 Å². The van der Waals surface area contributed by atoms with E-state index in [2.05, 4.69) is 14.9 Å². The van der Waals surface area contributed by atoms with Crippen molar-refractivity contribution in [2.45, 2.75) is 0 Å². The Kier molecular flexibility index (Phi) is 3.72. The van der Waals surface area contributed by atoms with Crippen LogP contribution >= 0.6 is 11.3 Å². The number of nitrogens with zero attached hydrogens (tertiary/aromatic N) is 3. The number of thiazole rings is 1. The van der Waals surface area contributed by atoms with Gasteiger partial charge in [0.1, 0.15) is 11.3 Å². The predicted molar refractivity (Wildman–Crippen MR) is 89.7 cm³/mol. The lowest BCUT2D eigenvalue weighted by Crippen LogP contribution is -2.36. The van der Waals surface area contributed by atoms with Crippen molar-refractivity contribution in [3.05, 3.63) is 35.2 Å². The molecule has 4 rings (SSSR count). The molecule has 118 valence electrons. The summed E-state index contributed by atoms with van der Waals surface area (Å²) in [6, 6.07) is 4.88. The molecule has 0 unspecified atom stereocenters. The molecule has 0 radical (unpaired) electrons.